The second-order valence-electron chi connectivity index (χ2n) is 4.36. The van der Waals surface area contributed by atoms with Crippen molar-refractivity contribution in [2.45, 2.75) is 31.8 Å². The molecule has 0 bridgehead atoms. The number of nitrogens with two attached hydrogens (primary N) is 1. The van der Waals surface area contributed by atoms with E-state index in [9.17, 15) is 4.79 Å². The monoisotopic (exact) mass is 230 g/mol. The van der Waals surface area contributed by atoms with Gasteiger partial charge in [0.25, 0.3) is 0 Å². The largest absolute Gasteiger partial charge is 0.352 e. The summed E-state index contributed by atoms with van der Waals surface area (Å²) in [6.45, 7) is 0.481. The van der Waals surface area contributed by atoms with Crippen LogP contribution in [-0.4, -0.2) is 11.9 Å². The van der Waals surface area contributed by atoms with Crippen molar-refractivity contribution in [3.05, 3.63) is 47.5 Å². The fourth-order valence-electron chi connectivity index (χ4n) is 2.12. The second kappa shape index (κ2) is 5.64. The maximum absolute atomic E-state index is 11.9. The highest BCUT2D eigenvalue weighted by Gasteiger charge is 2.14. The predicted octanol–water partition coefficient (Wildman–Crippen LogP) is 1.52. The van der Waals surface area contributed by atoms with E-state index in [4.69, 9.17) is 5.73 Å². The van der Waals surface area contributed by atoms with Crippen LogP contribution in [0.4, 0.5) is 0 Å². The topological polar surface area (TPSA) is 55.1 Å². The van der Waals surface area contributed by atoms with Crippen LogP contribution in [0.25, 0.3) is 0 Å². The van der Waals surface area contributed by atoms with Crippen molar-refractivity contribution in [2.75, 3.05) is 0 Å². The van der Waals surface area contributed by atoms with Crippen LogP contribution in [0.15, 0.2) is 36.4 Å². The van der Waals surface area contributed by atoms with Gasteiger partial charge in [-0.3, -0.25) is 4.79 Å². The van der Waals surface area contributed by atoms with Gasteiger partial charge in [-0.15, -0.1) is 0 Å². The van der Waals surface area contributed by atoms with Gasteiger partial charge in [-0.2, -0.15) is 0 Å². The molecular formula is C14H18N2O. The summed E-state index contributed by atoms with van der Waals surface area (Å²) in [4.78, 5) is 11.9. The van der Waals surface area contributed by atoms with Crippen molar-refractivity contribution in [2.24, 2.45) is 5.73 Å². The molecule has 1 aliphatic carbocycles. The summed E-state index contributed by atoms with van der Waals surface area (Å²) in [5, 5.41) is 3.04. The van der Waals surface area contributed by atoms with E-state index in [0.29, 0.717) is 13.0 Å². The standard InChI is InChI=1S/C14H18N2O/c15-10-12-6-2-1-5-11(12)9-14(17)16-13-7-3-4-8-13/h1-6,13H,7-10,15H2,(H,16,17). The van der Waals surface area contributed by atoms with Crippen LogP contribution in [0.5, 0.6) is 0 Å². The fraction of sp³-hybridized carbons (Fsp3) is 0.357. The molecule has 1 aliphatic rings. The first-order valence-corrected chi connectivity index (χ1v) is 6.01. The van der Waals surface area contributed by atoms with E-state index in [-0.39, 0.29) is 11.9 Å². The zero-order valence-corrected chi connectivity index (χ0v) is 9.86. The summed E-state index contributed by atoms with van der Waals surface area (Å²) in [5.74, 6) is 0.0830. The quantitative estimate of drug-likeness (QED) is 0.771. The third-order valence-electron chi connectivity index (χ3n) is 3.06. The van der Waals surface area contributed by atoms with E-state index in [2.05, 4.69) is 17.5 Å². The van der Waals surface area contributed by atoms with E-state index in [1.54, 1.807) is 0 Å². The normalized spacial score (nSPS) is 15.1. The lowest BCUT2D eigenvalue weighted by atomic mass is 10.0. The molecule has 17 heavy (non-hydrogen) atoms. The molecule has 0 saturated carbocycles. The van der Waals surface area contributed by atoms with Gasteiger partial charge >= 0.3 is 0 Å². The molecule has 3 N–H and O–H groups in total. The van der Waals surface area contributed by atoms with Crippen molar-refractivity contribution < 1.29 is 4.79 Å². The van der Waals surface area contributed by atoms with Crippen LogP contribution >= 0.6 is 0 Å². The third kappa shape index (κ3) is 3.17. The lowest BCUT2D eigenvalue weighted by molar-refractivity contribution is -0.121. The molecule has 1 aromatic carbocycles. The molecule has 3 heteroatoms. The molecule has 0 heterocycles. The molecule has 0 atom stereocenters. The van der Waals surface area contributed by atoms with Crippen LogP contribution in [0, 0.1) is 0 Å². The molecular weight excluding hydrogens is 212 g/mol. The third-order valence-corrected chi connectivity index (χ3v) is 3.06. The second-order valence-corrected chi connectivity index (χ2v) is 4.36. The summed E-state index contributed by atoms with van der Waals surface area (Å²) in [6.07, 6.45) is 6.54. The van der Waals surface area contributed by atoms with Crippen molar-refractivity contribution in [1.29, 1.82) is 0 Å². The molecule has 1 aromatic rings. The Morgan fingerprint density at radius 2 is 1.88 bits per heavy atom. The Morgan fingerprint density at radius 3 is 2.53 bits per heavy atom. The number of hydrogen-bond acceptors (Lipinski definition) is 2. The summed E-state index contributed by atoms with van der Waals surface area (Å²) in [5.41, 5.74) is 7.72. The average Bonchev–Trinajstić information content (AvgIpc) is 2.82. The maximum Gasteiger partial charge on any atom is 0.224 e. The van der Waals surface area contributed by atoms with Gasteiger partial charge in [0.2, 0.25) is 5.91 Å². The molecule has 90 valence electrons. The smallest absolute Gasteiger partial charge is 0.224 e. The van der Waals surface area contributed by atoms with Crippen LogP contribution in [0.1, 0.15) is 24.0 Å². The van der Waals surface area contributed by atoms with Crippen LogP contribution < -0.4 is 11.1 Å². The zero-order chi connectivity index (χ0) is 12.1. The number of carbonyl (C=O) groups excluding carboxylic acids is 1. The Labute approximate surface area is 102 Å². The highest BCUT2D eigenvalue weighted by molar-refractivity contribution is 5.79. The van der Waals surface area contributed by atoms with Gasteiger partial charge in [-0.05, 0) is 24.0 Å². The van der Waals surface area contributed by atoms with Gasteiger partial charge < -0.3 is 11.1 Å². The molecule has 0 aromatic heterocycles. The minimum atomic E-state index is 0.0830. The predicted molar refractivity (Wildman–Crippen MR) is 68.3 cm³/mol. The van der Waals surface area contributed by atoms with Gasteiger partial charge in [0.05, 0.1) is 6.42 Å². The van der Waals surface area contributed by atoms with Crippen molar-refractivity contribution >= 4 is 5.91 Å². The number of amides is 1. The lowest BCUT2D eigenvalue weighted by Gasteiger charge is -2.13. The summed E-state index contributed by atoms with van der Waals surface area (Å²) < 4.78 is 0. The first-order chi connectivity index (χ1) is 8.29. The minimum Gasteiger partial charge on any atom is -0.352 e. The summed E-state index contributed by atoms with van der Waals surface area (Å²) >= 11 is 0. The van der Waals surface area contributed by atoms with Crippen LogP contribution in [-0.2, 0) is 17.8 Å². The van der Waals surface area contributed by atoms with Gasteiger partial charge in [0.1, 0.15) is 0 Å². The van der Waals surface area contributed by atoms with E-state index in [0.717, 1.165) is 24.0 Å². The minimum absolute atomic E-state index is 0.0830. The Hall–Kier alpha value is -1.61. The molecule has 1 amide bonds. The van der Waals surface area contributed by atoms with Gasteiger partial charge in [0, 0.05) is 12.6 Å². The van der Waals surface area contributed by atoms with E-state index < -0.39 is 0 Å². The molecule has 0 aliphatic heterocycles. The van der Waals surface area contributed by atoms with E-state index in [1.807, 2.05) is 24.3 Å². The van der Waals surface area contributed by atoms with Gasteiger partial charge in [-0.25, -0.2) is 0 Å². The van der Waals surface area contributed by atoms with Crippen molar-refractivity contribution in [1.82, 2.24) is 5.32 Å². The van der Waals surface area contributed by atoms with Crippen molar-refractivity contribution in [3.63, 3.8) is 0 Å². The Morgan fingerprint density at radius 1 is 1.24 bits per heavy atom. The molecule has 0 spiro atoms. The number of carbonyl (C=O) groups is 1. The fourth-order valence-corrected chi connectivity index (χ4v) is 2.12. The molecule has 2 rings (SSSR count). The number of nitrogens with one attached hydrogen (secondary N) is 1. The summed E-state index contributed by atoms with van der Waals surface area (Å²) in [6, 6.07) is 8.12. The lowest BCUT2D eigenvalue weighted by Crippen LogP contribution is -2.34. The number of benzene rings is 1. The molecule has 0 radical (unpaired) electrons. The molecule has 0 unspecified atom stereocenters. The number of rotatable bonds is 4. The zero-order valence-electron chi connectivity index (χ0n) is 9.86. The number of hydrogen-bond donors (Lipinski definition) is 2. The van der Waals surface area contributed by atoms with E-state index in [1.165, 1.54) is 0 Å². The Kier molecular flexibility index (Phi) is 3.94. The SMILES string of the molecule is NCc1ccccc1CC(=O)NC1CC=CC1. The highest BCUT2D eigenvalue weighted by atomic mass is 16.1. The highest BCUT2D eigenvalue weighted by Crippen LogP contribution is 2.11. The summed E-state index contributed by atoms with van der Waals surface area (Å²) in [7, 11) is 0. The first kappa shape index (κ1) is 11.9. The molecule has 0 fully saturated rings. The Balaban J connectivity index is 1.93. The molecule has 3 nitrogen and oxygen atoms in total. The van der Waals surface area contributed by atoms with Gasteiger partial charge in [0.15, 0.2) is 0 Å². The van der Waals surface area contributed by atoms with Crippen molar-refractivity contribution in [3.8, 4) is 0 Å². The average molecular weight is 230 g/mol. The van der Waals surface area contributed by atoms with E-state index >= 15 is 0 Å². The van der Waals surface area contributed by atoms with Gasteiger partial charge in [-0.1, -0.05) is 36.4 Å². The maximum atomic E-state index is 11.9. The van der Waals surface area contributed by atoms with Crippen LogP contribution in [0.3, 0.4) is 0 Å². The molecule has 0 saturated heterocycles. The van der Waals surface area contributed by atoms with Crippen LogP contribution in [0.2, 0.25) is 0 Å². The Bertz CT molecular complexity index is 418. The first-order valence-electron chi connectivity index (χ1n) is 6.01.